The van der Waals surface area contributed by atoms with Crippen molar-refractivity contribution in [2.24, 2.45) is 0 Å². The normalized spacial score (nSPS) is 24.0. The highest BCUT2D eigenvalue weighted by Crippen LogP contribution is 2.43. The molecule has 0 aromatic heterocycles. The molecule has 0 aliphatic carbocycles. The number of rotatable bonds is 18. The Hall–Kier alpha value is -2.13. The molecule has 1 aromatic rings. The fourth-order valence-electron chi connectivity index (χ4n) is 3.98. The summed E-state index contributed by atoms with van der Waals surface area (Å²) in [6.07, 6.45) is -2.91. The highest BCUT2D eigenvalue weighted by molar-refractivity contribution is 7.47. The number of likely N-dealkylation sites (N-methyl/N-ethyl adjacent to an activating group) is 1. The van der Waals surface area contributed by atoms with Crippen molar-refractivity contribution in [3.63, 3.8) is 0 Å². The minimum Gasteiger partial charge on any atom is -0.445 e. The van der Waals surface area contributed by atoms with Crippen LogP contribution < -0.4 is 10.6 Å². The molecule has 1 saturated heterocycles. The van der Waals surface area contributed by atoms with E-state index in [2.05, 4.69) is 10.6 Å². The topological polar surface area (TPSA) is 182 Å². The van der Waals surface area contributed by atoms with E-state index in [4.69, 9.17) is 23.3 Å². The van der Waals surface area contributed by atoms with E-state index in [0.29, 0.717) is 24.0 Å². The molecule has 15 heteroatoms. The van der Waals surface area contributed by atoms with Crippen LogP contribution in [0.1, 0.15) is 38.2 Å². The molecule has 0 spiro atoms. The van der Waals surface area contributed by atoms with Gasteiger partial charge in [-0.3, -0.25) is 13.8 Å². The van der Waals surface area contributed by atoms with Crippen LogP contribution >= 0.6 is 7.82 Å². The maximum absolute atomic E-state index is 12.3. The number of phosphoric ester groups is 1. The zero-order chi connectivity index (χ0) is 31.2. The first-order valence-electron chi connectivity index (χ1n) is 14.0. The van der Waals surface area contributed by atoms with Gasteiger partial charge in [-0.1, -0.05) is 43.2 Å². The van der Waals surface area contributed by atoms with Gasteiger partial charge in [-0.25, -0.2) is 9.36 Å². The van der Waals surface area contributed by atoms with E-state index in [1.165, 1.54) is 6.92 Å². The lowest BCUT2D eigenvalue weighted by Gasteiger charge is -2.42. The predicted molar refractivity (Wildman–Crippen MR) is 152 cm³/mol. The maximum atomic E-state index is 12.3. The summed E-state index contributed by atoms with van der Waals surface area (Å²) in [6, 6.07) is 8.32. The third-order valence-electron chi connectivity index (χ3n) is 6.32. The number of phosphoric acid groups is 1. The van der Waals surface area contributed by atoms with E-state index in [0.717, 1.165) is 24.8 Å². The third kappa shape index (κ3) is 14.4. The Morgan fingerprint density at radius 3 is 2.36 bits per heavy atom. The molecule has 1 unspecified atom stereocenters. The first-order valence-corrected chi connectivity index (χ1v) is 15.5. The number of aliphatic hydroxyl groups is 2. The van der Waals surface area contributed by atoms with E-state index in [9.17, 15) is 29.3 Å². The molecule has 0 radical (unpaired) electrons. The number of nitrogens with one attached hydrogen (secondary N) is 2. The third-order valence-corrected chi connectivity index (χ3v) is 7.31. The smallest absolute Gasteiger partial charge is 0.445 e. The molecule has 14 nitrogen and oxygen atoms in total. The molecule has 1 aliphatic rings. The summed E-state index contributed by atoms with van der Waals surface area (Å²) < 4.78 is 39.4. The van der Waals surface area contributed by atoms with Crippen molar-refractivity contribution in [1.82, 2.24) is 10.6 Å². The summed E-state index contributed by atoms with van der Waals surface area (Å²) in [5, 5.41) is 26.4. The highest BCUT2D eigenvalue weighted by atomic mass is 31.2. The Kier molecular flexibility index (Phi) is 15.3. The molecule has 0 bridgehead atoms. The van der Waals surface area contributed by atoms with Crippen molar-refractivity contribution in [2.75, 3.05) is 54.1 Å². The molecule has 0 saturated carbocycles. The SMILES string of the molecule is CC(=O)N[C@H]1[C@H](OCCCCCCNC(=O)OCc2ccccc2)O[C@H](COP(=O)(O)OCC[N+](C)(C)C)[C@H](O)[C@@H]1O. The predicted octanol–water partition coefficient (Wildman–Crippen LogP) is 1.28. The number of benzene rings is 1. The zero-order valence-electron chi connectivity index (χ0n) is 24.8. The van der Waals surface area contributed by atoms with Crippen molar-refractivity contribution in [2.45, 2.75) is 69.9 Å². The van der Waals surface area contributed by atoms with Gasteiger partial charge in [-0.2, -0.15) is 0 Å². The van der Waals surface area contributed by atoms with Crippen LogP contribution in [0.3, 0.4) is 0 Å². The molecule has 1 aliphatic heterocycles. The number of aliphatic hydroxyl groups excluding tert-OH is 2. The van der Waals surface area contributed by atoms with Crippen molar-refractivity contribution < 1.29 is 57.0 Å². The average Bonchev–Trinajstić information content (AvgIpc) is 2.91. The van der Waals surface area contributed by atoms with Crippen molar-refractivity contribution >= 4 is 19.8 Å². The Bertz CT molecular complexity index is 995. The molecule has 240 valence electrons. The summed E-state index contributed by atoms with van der Waals surface area (Å²) in [5.74, 6) is -0.460. The number of nitrogens with zero attached hydrogens (tertiary/aromatic N) is 1. The fraction of sp³-hybridized carbons (Fsp3) is 0.704. The standard InChI is InChI=1S/C27H46N3O11P/c1-20(31)29-23-25(33)24(32)22(19-40-42(35,36)39-17-15-30(2,3)4)41-26(23)37-16-11-6-5-10-14-28-27(34)38-18-21-12-8-7-9-13-21/h7-9,12-13,22-26,32-33H,5-6,10-11,14-19H2,1-4H3,(H2-,28,29,31,34,35,36)/p+1/t22-,23-,24+,25-,26-/m1/s1. The van der Waals surface area contributed by atoms with E-state index < -0.39 is 57.1 Å². The maximum Gasteiger partial charge on any atom is 0.472 e. The van der Waals surface area contributed by atoms with E-state index in [-0.39, 0.29) is 19.8 Å². The van der Waals surface area contributed by atoms with E-state index >= 15 is 0 Å². The molecule has 1 aromatic carbocycles. The van der Waals surface area contributed by atoms with Crippen LogP contribution in [0.5, 0.6) is 0 Å². The molecular weight excluding hydrogens is 573 g/mol. The van der Waals surface area contributed by atoms with E-state index in [1.54, 1.807) is 0 Å². The van der Waals surface area contributed by atoms with Gasteiger partial charge in [0.15, 0.2) is 6.29 Å². The van der Waals surface area contributed by atoms with Gasteiger partial charge in [0.05, 0.1) is 27.7 Å². The Morgan fingerprint density at radius 2 is 1.69 bits per heavy atom. The second kappa shape index (κ2) is 17.9. The number of carbonyl (C=O) groups excluding carboxylic acids is 2. The molecule has 1 fully saturated rings. The molecule has 2 rings (SSSR count). The average molecular weight is 621 g/mol. The molecule has 2 amide bonds. The second-order valence-electron chi connectivity index (χ2n) is 11.1. The Balaban J connectivity index is 1.72. The Labute approximate surface area is 247 Å². The van der Waals surface area contributed by atoms with Gasteiger partial charge in [-0.05, 0) is 18.4 Å². The zero-order valence-corrected chi connectivity index (χ0v) is 25.7. The lowest BCUT2D eigenvalue weighted by atomic mass is 9.97. The molecule has 6 atom stereocenters. The van der Waals surface area contributed by atoms with Gasteiger partial charge >= 0.3 is 13.9 Å². The number of quaternary nitrogens is 1. The lowest BCUT2D eigenvalue weighted by Crippen LogP contribution is -2.64. The van der Waals surface area contributed by atoms with Crippen molar-refractivity contribution in [3.05, 3.63) is 35.9 Å². The van der Waals surface area contributed by atoms with Crippen LogP contribution in [0.25, 0.3) is 0 Å². The molecular formula is C27H47N3O11P+. The summed E-state index contributed by atoms with van der Waals surface area (Å²) in [4.78, 5) is 33.5. The minimum atomic E-state index is -4.44. The van der Waals surface area contributed by atoms with Gasteiger partial charge in [0.1, 0.15) is 44.1 Å². The quantitative estimate of drug-likeness (QED) is 0.0906. The van der Waals surface area contributed by atoms with Crippen LogP contribution in [0.15, 0.2) is 30.3 Å². The van der Waals surface area contributed by atoms with Gasteiger partial charge < -0.3 is 44.4 Å². The number of alkyl carbamates (subject to hydrolysis) is 1. The number of hydrogen-bond donors (Lipinski definition) is 5. The van der Waals surface area contributed by atoms with Gasteiger partial charge in [-0.15, -0.1) is 0 Å². The number of carbonyl (C=O) groups is 2. The first kappa shape index (κ1) is 36.1. The number of amides is 2. The highest BCUT2D eigenvalue weighted by Gasteiger charge is 2.46. The monoisotopic (exact) mass is 620 g/mol. The summed E-state index contributed by atoms with van der Waals surface area (Å²) in [5.41, 5.74) is 0.907. The van der Waals surface area contributed by atoms with Gasteiger partial charge in [0, 0.05) is 20.1 Å². The Morgan fingerprint density at radius 1 is 1.00 bits per heavy atom. The number of unbranched alkanes of at least 4 members (excludes halogenated alkanes) is 3. The van der Waals surface area contributed by atoms with Gasteiger partial charge in [0.2, 0.25) is 5.91 Å². The van der Waals surface area contributed by atoms with Crippen LogP contribution in [0.2, 0.25) is 0 Å². The minimum absolute atomic E-state index is 0.0290. The number of ether oxygens (including phenoxy) is 3. The molecule has 1 heterocycles. The molecule has 5 N–H and O–H groups in total. The summed E-state index contributed by atoms with van der Waals surface area (Å²) in [7, 11) is 1.26. The van der Waals surface area contributed by atoms with Crippen molar-refractivity contribution in [3.8, 4) is 0 Å². The van der Waals surface area contributed by atoms with Crippen molar-refractivity contribution in [1.29, 1.82) is 0 Å². The van der Waals surface area contributed by atoms with Gasteiger partial charge in [0.25, 0.3) is 0 Å². The first-order chi connectivity index (χ1) is 19.8. The van der Waals surface area contributed by atoms with E-state index in [1.807, 2.05) is 51.5 Å². The summed E-state index contributed by atoms with van der Waals surface area (Å²) in [6.45, 7) is 2.02. The fourth-order valence-corrected chi connectivity index (χ4v) is 4.70. The summed E-state index contributed by atoms with van der Waals surface area (Å²) >= 11 is 0. The second-order valence-corrected chi connectivity index (χ2v) is 12.6. The largest absolute Gasteiger partial charge is 0.472 e. The number of hydrogen-bond acceptors (Lipinski definition) is 10. The van der Waals surface area contributed by atoms with Crippen LogP contribution in [0, 0.1) is 0 Å². The lowest BCUT2D eigenvalue weighted by molar-refractivity contribution is -0.870. The van der Waals surface area contributed by atoms with Crippen LogP contribution in [0.4, 0.5) is 4.79 Å². The van der Waals surface area contributed by atoms with Crippen LogP contribution in [-0.4, -0.2) is 116 Å². The molecule has 42 heavy (non-hydrogen) atoms. The van der Waals surface area contributed by atoms with Crippen LogP contribution in [-0.2, 0) is 39.2 Å².